The summed E-state index contributed by atoms with van der Waals surface area (Å²) in [4.78, 5) is 54.3. The molecule has 2 bridgehead atoms. The fourth-order valence-electron chi connectivity index (χ4n) is 6.68. The standard InChI is InChI=1S/C33H23ClN2O5/c34-19-8-6-9-20(16-19)35-26(37)17-41-33(40)18-7-5-10-21(15-18)36-31(38)29-27-22-11-1-2-12-23(22)28(30(29)32(36)39)25-14-4-3-13-24(25)27/h1-16,27-30H,17H2,(H,35,37)/t27?,28?,29-,30-/m1/s1. The largest absolute Gasteiger partial charge is 0.452 e. The van der Waals surface area contributed by atoms with Crippen molar-refractivity contribution in [3.05, 3.63) is 130 Å². The Morgan fingerprint density at radius 1 is 0.732 bits per heavy atom. The number of hydrogen-bond donors (Lipinski definition) is 1. The van der Waals surface area contributed by atoms with Crippen molar-refractivity contribution >= 4 is 46.7 Å². The average Bonchev–Trinajstić information content (AvgIpc) is 3.26. The van der Waals surface area contributed by atoms with Crippen LogP contribution in [0, 0.1) is 11.8 Å². The van der Waals surface area contributed by atoms with Gasteiger partial charge < -0.3 is 10.1 Å². The van der Waals surface area contributed by atoms with Crippen molar-refractivity contribution in [3.8, 4) is 0 Å². The molecule has 8 rings (SSSR count). The Hall–Kier alpha value is -4.75. The second kappa shape index (κ2) is 9.71. The molecule has 41 heavy (non-hydrogen) atoms. The first-order valence-corrected chi connectivity index (χ1v) is 13.7. The molecule has 4 aromatic rings. The highest BCUT2D eigenvalue weighted by atomic mass is 35.5. The fourth-order valence-corrected chi connectivity index (χ4v) is 6.87. The van der Waals surface area contributed by atoms with E-state index in [0.717, 1.165) is 22.3 Å². The van der Waals surface area contributed by atoms with E-state index in [1.807, 2.05) is 24.3 Å². The Balaban J connectivity index is 1.14. The summed E-state index contributed by atoms with van der Waals surface area (Å²) in [5.41, 5.74) is 5.28. The third-order valence-corrected chi connectivity index (χ3v) is 8.47. The van der Waals surface area contributed by atoms with Gasteiger partial charge in [0.25, 0.3) is 5.91 Å². The zero-order valence-corrected chi connectivity index (χ0v) is 22.4. The molecule has 0 radical (unpaired) electrons. The molecular weight excluding hydrogens is 540 g/mol. The number of rotatable bonds is 5. The molecule has 1 heterocycles. The van der Waals surface area contributed by atoms with Crippen LogP contribution in [-0.2, 0) is 19.1 Å². The van der Waals surface area contributed by atoms with Crippen molar-refractivity contribution in [2.24, 2.45) is 11.8 Å². The number of imide groups is 1. The number of carbonyl (C=O) groups is 4. The summed E-state index contributed by atoms with van der Waals surface area (Å²) in [6.07, 6.45) is 0. The zero-order chi connectivity index (χ0) is 28.2. The quantitative estimate of drug-likeness (QED) is 0.255. The smallest absolute Gasteiger partial charge is 0.338 e. The maximum atomic E-state index is 14.0. The summed E-state index contributed by atoms with van der Waals surface area (Å²) in [7, 11) is 0. The van der Waals surface area contributed by atoms with Crippen molar-refractivity contribution in [2.45, 2.75) is 11.8 Å². The highest BCUT2D eigenvalue weighted by Gasteiger charge is 2.61. The van der Waals surface area contributed by atoms with Gasteiger partial charge in [0.15, 0.2) is 6.61 Å². The number of benzene rings is 4. The van der Waals surface area contributed by atoms with Crippen LogP contribution in [0.1, 0.15) is 44.4 Å². The number of carbonyl (C=O) groups excluding carboxylic acids is 4. The fraction of sp³-hybridized carbons (Fsp3) is 0.152. The molecule has 1 aliphatic heterocycles. The lowest BCUT2D eigenvalue weighted by molar-refractivity contribution is -0.122. The first-order chi connectivity index (χ1) is 19.9. The number of halogens is 1. The molecule has 2 atom stereocenters. The third kappa shape index (κ3) is 4.04. The molecule has 0 unspecified atom stereocenters. The number of hydrogen-bond acceptors (Lipinski definition) is 5. The van der Waals surface area contributed by atoms with Crippen LogP contribution in [0.25, 0.3) is 0 Å². The van der Waals surface area contributed by atoms with Crippen LogP contribution in [0.15, 0.2) is 97.1 Å². The maximum absolute atomic E-state index is 14.0. The van der Waals surface area contributed by atoms with E-state index in [9.17, 15) is 19.2 Å². The van der Waals surface area contributed by atoms with Crippen LogP contribution < -0.4 is 10.2 Å². The lowest BCUT2D eigenvalue weighted by Gasteiger charge is -2.45. The van der Waals surface area contributed by atoms with Gasteiger partial charge in [-0.05, 0) is 58.7 Å². The van der Waals surface area contributed by atoms with Crippen LogP contribution >= 0.6 is 11.6 Å². The van der Waals surface area contributed by atoms with Crippen molar-refractivity contribution in [1.82, 2.24) is 0 Å². The molecule has 7 nitrogen and oxygen atoms in total. The van der Waals surface area contributed by atoms with E-state index in [2.05, 4.69) is 29.6 Å². The average molecular weight is 563 g/mol. The molecular formula is C33H23ClN2O5. The molecule has 4 aromatic carbocycles. The Morgan fingerprint density at radius 3 is 1.85 bits per heavy atom. The van der Waals surface area contributed by atoms with Gasteiger partial charge in [0.1, 0.15) is 0 Å². The lowest BCUT2D eigenvalue weighted by Crippen LogP contribution is -2.41. The van der Waals surface area contributed by atoms with Crippen molar-refractivity contribution < 1.29 is 23.9 Å². The van der Waals surface area contributed by atoms with Gasteiger partial charge in [-0.15, -0.1) is 0 Å². The van der Waals surface area contributed by atoms with E-state index in [0.29, 0.717) is 16.4 Å². The maximum Gasteiger partial charge on any atom is 0.338 e. The number of nitrogens with one attached hydrogen (secondary N) is 1. The SMILES string of the molecule is O=C(COC(=O)c1cccc(N2C(=O)[C@@H]3C4c5ccccc5C(c5ccccc54)[C@H]3C2=O)c1)Nc1cccc(Cl)c1. The Labute approximate surface area is 240 Å². The Bertz CT molecular complexity index is 1650. The molecule has 8 heteroatoms. The Morgan fingerprint density at radius 2 is 1.29 bits per heavy atom. The minimum Gasteiger partial charge on any atom is -0.452 e. The molecule has 3 amide bonds. The van der Waals surface area contributed by atoms with Gasteiger partial charge in [-0.3, -0.25) is 14.4 Å². The predicted molar refractivity (Wildman–Crippen MR) is 153 cm³/mol. The molecule has 1 N–H and O–H groups in total. The summed E-state index contributed by atoms with van der Waals surface area (Å²) in [6.45, 7) is -0.513. The summed E-state index contributed by atoms with van der Waals surface area (Å²) in [5.74, 6) is -3.30. The van der Waals surface area contributed by atoms with E-state index in [1.54, 1.807) is 36.4 Å². The molecule has 0 spiro atoms. The van der Waals surface area contributed by atoms with Crippen LogP contribution in [0.2, 0.25) is 5.02 Å². The predicted octanol–water partition coefficient (Wildman–Crippen LogP) is 5.53. The molecule has 1 saturated heterocycles. The van der Waals surface area contributed by atoms with E-state index < -0.39 is 30.3 Å². The van der Waals surface area contributed by atoms with Crippen LogP contribution in [-0.4, -0.2) is 30.3 Å². The van der Waals surface area contributed by atoms with Crippen molar-refractivity contribution in [3.63, 3.8) is 0 Å². The second-order valence-electron chi connectivity index (χ2n) is 10.5. The van der Waals surface area contributed by atoms with Crippen molar-refractivity contribution in [2.75, 3.05) is 16.8 Å². The van der Waals surface area contributed by atoms with E-state index >= 15 is 0 Å². The zero-order valence-electron chi connectivity index (χ0n) is 21.6. The summed E-state index contributed by atoms with van der Waals surface area (Å²) in [6, 6.07) is 28.9. The molecule has 202 valence electrons. The molecule has 3 aliphatic carbocycles. The minimum atomic E-state index is -0.746. The third-order valence-electron chi connectivity index (χ3n) is 8.23. The molecule has 4 aliphatic rings. The summed E-state index contributed by atoms with van der Waals surface area (Å²) >= 11 is 5.94. The van der Waals surface area contributed by atoms with Gasteiger partial charge in [-0.1, -0.05) is 72.3 Å². The van der Waals surface area contributed by atoms with E-state index in [1.165, 1.54) is 17.0 Å². The number of esters is 1. The van der Waals surface area contributed by atoms with Crippen molar-refractivity contribution in [1.29, 1.82) is 0 Å². The van der Waals surface area contributed by atoms with Gasteiger partial charge in [0, 0.05) is 22.5 Å². The highest BCUT2D eigenvalue weighted by Crippen LogP contribution is 2.61. The van der Waals surface area contributed by atoms with E-state index in [4.69, 9.17) is 16.3 Å². The van der Waals surface area contributed by atoms with Gasteiger partial charge in [0.05, 0.1) is 23.1 Å². The van der Waals surface area contributed by atoms with Crippen LogP contribution in [0.5, 0.6) is 0 Å². The van der Waals surface area contributed by atoms with Gasteiger partial charge in [0.2, 0.25) is 11.8 Å². The lowest BCUT2D eigenvalue weighted by atomic mass is 9.55. The molecule has 1 fully saturated rings. The van der Waals surface area contributed by atoms with E-state index in [-0.39, 0.29) is 29.2 Å². The number of nitrogens with zero attached hydrogens (tertiary/aromatic N) is 1. The molecule has 0 aromatic heterocycles. The normalized spacial score (nSPS) is 21.6. The first-order valence-electron chi connectivity index (χ1n) is 13.3. The monoisotopic (exact) mass is 562 g/mol. The summed E-state index contributed by atoms with van der Waals surface area (Å²) < 4.78 is 5.21. The van der Waals surface area contributed by atoms with Gasteiger partial charge >= 0.3 is 5.97 Å². The van der Waals surface area contributed by atoms with Crippen LogP contribution in [0.3, 0.4) is 0 Å². The summed E-state index contributed by atoms with van der Waals surface area (Å²) in [5, 5.41) is 3.08. The van der Waals surface area contributed by atoms with Gasteiger partial charge in [-0.2, -0.15) is 0 Å². The van der Waals surface area contributed by atoms with Crippen LogP contribution in [0.4, 0.5) is 11.4 Å². The topological polar surface area (TPSA) is 92.8 Å². The number of anilines is 2. The first kappa shape index (κ1) is 25.2. The minimum absolute atomic E-state index is 0.128. The van der Waals surface area contributed by atoms with Gasteiger partial charge in [-0.25, -0.2) is 9.69 Å². The Kier molecular flexibility index (Phi) is 5.98. The highest BCUT2D eigenvalue weighted by molar-refractivity contribution is 6.31. The second-order valence-corrected chi connectivity index (χ2v) is 10.9. The molecule has 0 saturated carbocycles. The number of ether oxygens (including phenoxy) is 1. The number of amides is 3.